The topological polar surface area (TPSA) is 77.0 Å². The number of hydrogen-bond donors (Lipinski definition) is 2. The smallest absolute Gasteiger partial charge is 0.130 e. The Kier molecular flexibility index (Phi) is 4.74. The summed E-state index contributed by atoms with van der Waals surface area (Å²) in [5.41, 5.74) is 1.67. The van der Waals surface area contributed by atoms with E-state index in [1.807, 2.05) is 36.4 Å². The summed E-state index contributed by atoms with van der Waals surface area (Å²) in [5.74, 6) is -0.912. The molecule has 2 rings (SSSR count). The number of quaternary nitrogens is 1. The Morgan fingerprint density at radius 2 is 1.75 bits per heavy atom. The molecule has 0 unspecified atom stereocenters. The van der Waals surface area contributed by atoms with Crippen LogP contribution in [0.1, 0.15) is 11.1 Å². The number of benzene rings is 2. The molecule has 0 saturated heterocycles. The number of aliphatic carboxylic acids is 1. The SMILES string of the molecule is O=C([O-])[C@H](Cc1ccccc1)[NH2+]Cc1ccccc1O. The molecule has 0 saturated carbocycles. The van der Waals surface area contributed by atoms with E-state index in [1.165, 1.54) is 0 Å². The second-order valence-electron chi connectivity index (χ2n) is 4.68. The lowest BCUT2D eigenvalue weighted by molar-refractivity contribution is -0.698. The molecule has 4 nitrogen and oxygen atoms in total. The van der Waals surface area contributed by atoms with Crippen molar-refractivity contribution in [3.63, 3.8) is 0 Å². The van der Waals surface area contributed by atoms with E-state index in [9.17, 15) is 15.0 Å². The quantitative estimate of drug-likeness (QED) is 0.765. The standard InChI is InChI=1S/C16H17NO3/c18-15-9-5-4-8-13(15)11-17-14(16(19)20)10-12-6-2-1-3-7-12/h1-9,14,17-18H,10-11H2,(H,19,20)/t14-/m0/s1. The van der Waals surface area contributed by atoms with Crippen LogP contribution in [0, 0.1) is 0 Å². The fraction of sp³-hybridized carbons (Fsp3) is 0.188. The lowest BCUT2D eigenvalue weighted by Gasteiger charge is -2.17. The van der Waals surface area contributed by atoms with Crippen molar-refractivity contribution in [1.29, 1.82) is 0 Å². The van der Waals surface area contributed by atoms with Crippen LogP contribution in [0.5, 0.6) is 5.75 Å². The number of carboxylic acids is 1. The minimum atomic E-state index is -1.09. The first-order valence-corrected chi connectivity index (χ1v) is 6.52. The Hall–Kier alpha value is -2.33. The van der Waals surface area contributed by atoms with Crippen molar-refractivity contribution < 1.29 is 20.3 Å². The van der Waals surface area contributed by atoms with Crippen LogP contribution in [0.3, 0.4) is 0 Å². The average Bonchev–Trinajstić information content (AvgIpc) is 2.46. The van der Waals surface area contributed by atoms with Gasteiger partial charge in [0.25, 0.3) is 0 Å². The van der Waals surface area contributed by atoms with Gasteiger partial charge >= 0.3 is 0 Å². The molecule has 3 N–H and O–H groups in total. The van der Waals surface area contributed by atoms with E-state index in [0.717, 1.165) is 5.56 Å². The van der Waals surface area contributed by atoms with Gasteiger partial charge in [0.05, 0.1) is 5.97 Å². The van der Waals surface area contributed by atoms with Gasteiger partial charge in [0, 0.05) is 12.0 Å². The fourth-order valence-electron chi connectivity index (χ4n) is 2.08. The zero-order chi connectivity index (χ0) is 14.4. The molecule has 2 aromatic rings. The van der Waals surface area contributed by atoms with E-state index in [2.05, 4.69) is 0 Å². The number of carboxylic acid groups (broad SMARTS) is 1. The Balaban J connectivity index is 2.00. The van der Waals surface area contributed by atoms with Gasteiger partial charge in [-0.25, -0.2) is 0 Å². The predicted molar refractivity (Wildman–Crippen MR) is 72.7 cm³/mol. The van der Waals surface area contributed by atoms with Crippen molar-refractivity contribution in [1.82, 2.24) is 0 Å². The van der Waals surface area contributed by atoms with Crippen molar-refractivity contribution in [2.45, 2.75) is 19.0 Å². The lowest BCUT2D eigenvalue weighted by atomic mass is 10.1. The lowest BCUT2D eigenvalue weighted by Crippen LogP contribution is -2.92. The highest BCUT2D eigenvalue weighted by molar-refractivity contribution is 5.69. The van der Waals surface area contributed by atoms with Crippen LogP contribution in [0.2, 0.25) is 0 Å². The van der Waals surface area contributed by atoms with Gasteiger partial charge in [-0.1, -0.05) is 42.5 Å². The van der Waals surface area contributed by atoms with Crippen LogP contribution in [-0.2, 0) is 17.8 Å². The minimum Gasteiger partial charge on any atom is -0.544 e. The molecular formula is C16H17NO3. The maximum atomic E-state index is 11.2. The monoisotopic (exact) mass is 271 g/mol. The summed E-state index contributed by atoms with van der Waals surface area (Å²) in [6.45, 7) is 0.401. The van der Waals surface area contributed by atoms with E-state index >= 15 is 0 Å². The van der Waals surface area contributed by atoms with Crippen molar-refractivity contribution in [3.8, 4) is 5.75 Å². The molecule has 0 aliphatic heterocycles. The molecule has 0 amide bonds. The van der Waals surface area contributed by atoms with Gasteiger partial charge in [-0.3, -0.25) is 0 Å². The number of carbonyl (C=O) groups is 1. The van der Waals surface area contributed by atoms with Gasteiger partial charge in [-0.2, -0.15) is 0 Å². The molecule has 0 aliphatic carbocycles. The van der Waals surface area contributed by atoms with E-state index in [0.29, 0.717) is 18.5 Å². The molecule has 104 valence electrons. The molecular weight excluding hydrogens is 254 g/mol. The highest BCUT2D eigenvalue weighted by atomic mass is 16.4. The van der Waals surface area contributed by atoms with E-state index in [4.69, 9.17) is 0 Å². The second kappa shape index (κ2) is 6.73. The van der Waals surface area contributed by atoms with Crippen LogP contribution in [-0.4, -0.2) is 17.1 Å². The molecule has 0 heterocycles. The Morgan fingerprint density at radius 1 is 1.10 bits per heavy atom. The molecule has 0 radical (unpaired) electrons. The Bertz CT molecular complexity index is 569. The van der Waals surface area contributed by atoms with Crippen LogP contribution in [0.25, 0.3) is 0 Å². The maximum Gasteiger partial charge on any atom is 0.130 e. The van der Waals surface area contributed by atoms with E-state index < -0.39 is 12.0 Å². The predicted octanol–water partition coefficient (Wildman–Crippen LogP) is -0.183. The van der Waals surface area contributed by atoms with E-state index in [-0.39, 0.29) is 5.75 Å². The first kappa shape index (κ1) is 14.1. The number of carbonyl (C=O) groups excluding carboxylic acids is 1. The average molecular weight is 271 g/mol. The highest BCUT2D eigenvalue weighted by Gasteiger charge is 2.15. The third-order valence-corrected chi connectivity index (χ3v) is 3.22. The summed E-state index contributed by atoms with van der Waals surface area (Å²) < 4.78 is 0. The van der Waals surface area contributed by atoms with Crippen molar-refractivity contribution in [3.05, 3.63) is 65.7 Å². The summed E-state index contributed by atoms with van der Waals surface area (Å²) in [6.07, 6.45) is 0.400. The van der Waals surface area contributed by atoms with Gasteiger partial charge in [-0.15, -0.1) is 0 Å². The van der Waals surface area contributed by atoms with Gasteiger partial charge in [0.15, 0.2) is 0 Å². The first-order chi connectivity index (χ1) is 9.66. The Morgan fingerprint density at radius 3 is 2.40 bits per heavy atom. The molecule has 0 fully saturated rings. The number of aromatic hydroxyl groups is 1. The number of phenols is 1. The second-order valence-corrected chi connectivity index (χ2v) is 4.68. The minimum absolute atomic E-state index is 0.181. The number of para-hydroxylation sites is 1. The zero-order valence-corrected chi connectivity index (χ0v) is 11.0. The van der Waals surface area contributed by atoms with Crippen molar-refractivity contribution >= 4 is 5.97 Å². The van der Waals surface area contributed by atoms with Gasteiger partial charge in [0.1, 0.15) is 18.3 Å². The molecule has 4 heteroatoms. The molecule has 2 aromatic carbocycles. The number of rotatable bonds is 6. The molecule has 0 bridgehead atoms. The molecule has 1 atom stereocenters. The third kappa shape index (κ3) is 3.83. The number of nitrogens with two attached hydrogens (primary N) is 1. The van der Waals surface area contributed by atoms with Gasteiger partial charge in [0.2, 0.25) is 0 Å². The Labute approximate surface area is 117 Å². The van der Waals surface area contributed by atoms with E-state index in [1.54, 1.807) is 23.5 Å². The largest absolute Gasteiger partial charge is 0.544 e. The summed E-state index contributed by atoms with van der Waals surface area (Å²) in [6, 6.07) is 15.7. The molecule has 0 aliphatic rings. The third-order valence-electron chi connectivity index (χ3n) is 3.22. The summed E-state index contributed by atoms with van der Waals surface area (Å²) in [5, 5.41) is 22.6. The number of phenolic OH excluding ortho intramolecular Hbond substituents is 1. The van der Waals surface area contributed by atoms with Crippen LogP contribution < -0.4 is 10.4 Å². The summed E-state index contributed by atoms with van der Waals surface area (Å²) in [7, 11) is 0. The van der Waals surface area contributed by atoms with Crippen molar-refractivity contribution in [2.75, 3.05) is 0 Å². The van der Waals surface area contributed by atoms with Crippen molar-refractivity contribution in [2.24, 2.45) is 0 Å². The van der Waals surface area contributed by atoms with Gasteiger partial charge < -0.3 is 20.3 Å². The van der Waals surface area contributed by atoms with Crippen LogP contribution in [0.15, 0.2) is 54.6 Å². The molecule has 20 heavy (non-hydrogen) atoms. The normalized spacial score (nSPS) is 12.0. The molecule has 0 spiro atoms. The van der Waals surface area contributed by atoms with Crippen LogP contribution in [0.4, 0.5) is 0 Å². The highest BCUT2D eigenvalue weighted by Crippen LogP contribution is 2.13. The number of hydrogen-bond acceptors (Lipinski definition) is 3. The van der Waals surface area contributed by atoms with Gasteiger partial charge in [-0.05, 0) is 17.7 Å². The maximum absolute atomic E-state index is 11.2. The summed E-state index contributed by atoms with van der Waals surface area (Å²) >= 11 is 0. The zero-order valence-electron chi connectivity index (χ0n) is 11.0. The molecule has 0 aromatic heterocycles. The first-order valence-electron chi connectivity index (χ1n) is 6.52. The summed E-state index contributed by atoms with van der Waals surface area (Å²) in [4.78, 5) is 11.2. The van der Waals surface area contributed by atoms with Crippen LogP contribution >= 0.6 is 0 Å². The fourth-order valence-corrected chi connectivity index (χ4v) is 2.08.